The second-order valence-corrected chi connectivity index (χ2v) is 5.64. The SMILES string of the molecule is CCC1CCC(C)N1C(=O)CC1CCCCN1. The molecule has 3 unspecified atom stereocenters. The van der Waals surface area contributed by atoms with E-state index in [1.165, 1.54) is 32.1 Å². The molecular weight excluding hydrogens is 212 g/mol. The smallest absolute Gasteiger partial charge is 0.224 e. The second-order valence-electron chi connectivity index (χ2n) is 5.64. The summed E-state index contributed by atoms with van der Waals surface area (Å²) in [4.78, 5) is 14.5. The monoisotopic (exact) mass is 238 g/mol. The second kappa shape index (κ2) is 5.85. The van der Waals surface area contributed by atoms with Crippen LogP contribution in [-0.2, 0) is 4.79 Å². The van der Waals surface area contributed by atoms with Crippen LogP contribution in [0.15, 0.2) is 0 Å². The zero-order chi connectivity index (χ0) is 12.3. The number of piperidine rings is 1. The Morgan fingerprint density at radius 2 is 2.12 bits per heavy atom. The molecule has 98 valence electrons. The summed E-state index contributed by atoms with van der Waals surface area (Å²) in [6.07, 6.45) is 7.91. The fourth-order valence-electron chi connectivity index (χ4n) is 3.34. The van der Waals surface area contributed by atoms with Crippen LogP contribution >= 0.6 is 0 Å². The van der Waals surface area contributed by atoms with Gasteiger partial charge in [-0.25, -0.2) is 0 Å². The van der Waals surface area contributed by atoms with E-state index in [2.05, 4.69) is 24.1 Å². The van der Waals surface area contributed by atoms with Crippen molar-refractivity contribution in [3.63, 3.8) is 0 Å². The van der Waals surface area contributed by atoms with Crippen molar-refractivity contribution in [1.29, 1.82) is 0 Å². The molecule has 0 aromatic heterocycles. The van der Waals surface area contributed by atoms with Crippen molar-refractivity contribution >= 4 is 5.91 Å². The summed E-state index contributed by atoms with van der Waals surface area (Å²) < 4.78 is 0. The van der Waals surface area contributed by atoms with Gasteiger partial charge in [-0.3, -0.25) is 4.79 Å². The van der Waals surface area contributed by atoms with Crippen LogP contribution in [0.1, 0.15) is 58.8 Å². The van der Waals surface area contributed by atoms with Gasteiger partial charge in [0.05, 0.1) is 0 Å². The normalized spacial score (nSPS) is 34.0. The van der Waals surface area contributed by atoms with Crippen molar-refractivity contribution < 1.29 is 4.79 Å². The van der Waals surface area contributed by atoms with Crippen LogP contribution in [0.25, 0.3) is 0 Å². The number of nitrogens with zero attached hydrogens (tertiary/aromatic N) is 1. The molecule has 17 heavy (non-hydrogen) atoms. The summed E-state index contributed by atoms with van der Waals surface area (Å²) in [5.41, 5.74) is 0. The van der Waals surface area contributed by atoms with Crippen LogP contribution in [0.5, 0.6) is 0 Å². The zero-order valence-corrected chi connectivity index (χ0v) is 11.2. The molecule has 0 radical (unpaired) electrons. The number of carbonyl (C=O) groups excluding carboxylic acids is 1. The van der Waals surface area contributed by atoms with E-state index < -0.39 is 0 Å². The van der Waals surface area contributed by atoms with Gasteiger partial charge in [0.15, 0.2) is 0 Å². The largest absolute Gasteiger partial charge is 0.337 e. The molecular formula is C14H26N2O. The first kappa shape index (κ1) is 12.9. The molecule has 2 heterocycles. The molecule has 3 heteroatoms. The molecule has 2 saturated heterocycles. The Labute approximate surface area is 105 Å². The minimum atomic E-state index is 0.376. The van der Waals surface area contributed by atoms with Crippen molar-refractivity contribution in [2.45, 2.75) is 76.9 Å². The van der Waals surface area contributed by atoms with Crippen LogP contribution in [-0.4, -0.2) is 35.5 Å². The van der Waals surface area contributed by atoms with E-state index >= 15 is 0 Å². The Morgan fingerprint density at radius 3 is 2.76 bits per heavy atom. The summed E-state index contributed by atoms with van der Waals surface area (Å²) in [5, 5.41) is 3.47. The average Bonchev–Trinajstić information content (AvgIpc) is 2.71. The van der Waals surface area contributed by atoms with Crippen LogP contribution in [0.3, 0.4) is 0 Å². The molecule has 0 aliphatic carbocycles. The molecule has 2 aliphatic rings. The molecule has 2 fully saturated rings. The van der Waals surface area contributed by atoms with Gasteiger partial charge in [-0.05, 0) is 45.6 Å². The van der Waals surface area contributed by atoms with Crippen molar-refractivity contribution in [3.8, 4) is 0 Å². The van der Waals surface area contributed by atoms with E-state index in [4.69, 9.17) is 0 Å². The molecule has 1 amide bonds. The third-order valence-corrected chi connectivity index (χ3v) is 4.38. The lowest BCUT2D eigenvalue weighted by atomic mass is 10.0. The van der Waals surface area contributed by atoms with Crippen molar-refractivity contribution in [2.75, 3.05) is 6.54 Å². The van der Waals surface area contributed by atoms with E-state index in [0.29, 0.717) is 30.5 Å². The Morgan fingerprint density at radius 1 is 1.29 bits per heavy atom. The molecule has 0 saturated carbocycles. The van der Waals surface area contributed by atoms with Gasteiger partial charge < -0.3 is 10.2 Å². The van der Waals surface area contributed by atoms with E-state index in [0.717, 1.165) is 13.0 Å². The maximum Gasteiger partial charge on any atom is 0.224 e. The minimum Gasteiger partial charge on any atom is -0.337 e. The summed E-state index contributed by atoms with van der Waals surface area (Å²) in [5.74, 6) is 0.376. The Bertz CT molecular complexity index is 261. The topological polar surface area (TPSA) is 32.3 Å². The van der Waals surface area contributed by atoms with Crippen molar-refractivity contribution in [3.05, 3.63) is 0 Å². The molecule has 0 bridgehead atoms. The molecule has 1 N–H and O–H groups in total. The Hall–Kier alpha value is -0.570. The zero-order valence-electron chi connectivity index (χ0n) is 11.2. The molecule has 0 aromatic carbocycles. The molecule has 0 aromatic rings. The summed E-state index contributed by atoms with van der Waals surface area (Å²) in [7, 11) is 0. The quantitative estimate of drug-likeness (QED) is 0.818. The summed E-state index contributed by atoms with van der Waals surface area (Å²) in [6.45, 7) is 5.48. The molecule has 0 spiro atoms. The number of amides is 1. The highest BCUT2D eigenvalue weighted by molar-refractivity contribution is 5.77. The highest BCUT2D eigenvalue weighted by atomic mass is 16.2. The fourth-order valence-corrected chi connectivity index (χ4v) is 3.34. The van der Waals surface area contributed by atoms with Gasteiger partial charge in [0.1, 0.15) is 0 Å². The van der Waals surface area contributed by atoms with Gasteiger partial charge in [-0.2, -0.15) is 0 Å². The number of rotatable bonds is 3. The molecule has 3 atom stereocenters. The van der Waals surface area contributed by atoms with Crippen LogP contribution in [0.4, 0.5) is 0 Å². The predicted molar refractivity (Wildman–Crippen MR) is 69.9 cm³/mol. The van der Waals surface area contributed by atoms with Gasteiger partial charge in [0, 0.05) is 24.5 Å². The van der Waals surface area contributed by atoms with E-state index in [9.17, 15) is 4.79 Å². The first-order chi connectivity index (χ1) is 8.22. The van der Waals surface area contributed by atoms with Crippen molar-refractivity contribution in [2.24, 2.45) is 0 Å². The third-order valence-electron chi connectivity index (χ3n) is 4.38. The fraction of sp³-hybridized carbons (Fsp3) is 0.929. The maximum absolute atomic E-state index is 12.4. The van der Waals surface area contributed by atoms with Gasteiger partial charge in [0.2, 0.25) is 5.91 Å². The lowest BCUT2D eigenvalue weighted by Crippen LogP contribution is -2.44. The lowest BCUT2D eigenvalue weighted by molar-refractivity contribution is -0.134. The van der Waals surface area contributed by atoms with Crippen molar-refractivity contribution in [1.82, 2.24) is 10.2 Å². The molecule has 3 nitrogen and oxygen atoms in total. The summed E-state index contributed by atoms with van der Waals surface area (Å²) >= 11 is 0. The minimum absolute atomic E-state index is 0.376. The molecule has 2 rings (SSSR count). The standard InChI is InChI=1S/C14H26N2O/c1-3-13-8-7-11(2)16(13)14(17)10-12-6-4-5-9-15-12/h11-13,15H,3-10H2,1-2H3. The summed E-state index contributed by atoms with van der Waals surface area (Å²) in [6, 6.07) is 1.39. The van der Waals surface area contributed by atoms with Crippen LogP contribution < -0.4 is 5.32 Å². The highest BCUT2D eigenvalue weighted by Crippen LogP contribution is 2.27. The number of hydrogen-bond acceptors (Lipinski definition) is 2. The average molecular weight is 238 g/mol. The number of hydrogen-bond donors (Lipinski definition) is 1. The lowest BCUT2D eigenvalue weighted by Gasteiger charge is -2.31. The first-order valence-electron chi connectivity index (χ1n) is 7.27. The van der Waals surface area contributed by atoms with Gasteiger partial charge in [0.25, 0.3) is 0 Å². The van der Waals surface area contributed by atoms with E-state index in [1.807, 2.05) is 0 Å². The number of likely N-dealkylation sites (tertiary alicyclic amines) is 1. The Balaban J connectivity index is 1.89. The predicted octanol–water partition coefficient (Wildman–Crippen LogP) is 2.31. The third kappa shape index (κ3) is 3.01. The van der Waals surface area contributed by atoms with Gasteiger partial charge >= 0.3 is 0 Å². The van der Waals surface area contributed by atoms with Gasteiger partial charge in [-0.15, -0.1) is 0 Å². The van der Waals surface area contributed by atoms with Gasteiger partial charge in [-0.1, -0.05) is 13.3 Å². The van der Waals surface area contributed by atoms with Crippen LogP contribution in [0, 0.1) is 0 Å². The highest BCUT2D eigenvalue weighted by Gasteiger charge is 2.33. The first-order valence-corrected chi connectivity index (χ1v) is 7.27. The Kier molecular flexibility index (Phi) is 4.43. The maximum atomic E-state index is 12.4. The number of nitrogens with one attached hydrogen (secondary N) is 1. The number of carbonyl (C=O) groups is 1. The van der Waals surface area contributed by atoms with Crippen LogP contribution in [0.2, 0.25) is 0 Å². The molecule has 2 aliphatic heterocycles. The van der Waals surface area contributed by atoms with E-state index in [-0.39, 0.29) is 0 Å². The van der Waals surface area contributed by atoms with E-state index in [1.54, 1.807) is 0 Å².